The number of amides is 1. The van der Waals surface area contributed by atoms with Crippen LogP contribution < -0.4 is 5.32 Å². The van der Waals surface area contributed by atoms with E-state index in [-0.39, 0.29) is 18.1 Å². The fraction of sp³-hybridized carbons (Fsp3) is 0.391. The van der Waals surface area contributed by atoms with Crippen LogP contribution in [0.2, 0.25) is 0 Å². The summed E-state index contributed by atoms with van der Waals surface area (Å²) in [5.41, 5.74) is 3.88. The minimum Gasteiger partial charge on any atom is -0.373 e. The van der Waals surface area contributed by atoms with E-state index in [1.54, 1.807) is 11.8 Å². The lowest BCUT2D eigenvalue weighted by molar-refractivity contribution is -0.0672. The predicted molar refractivity (Wildman–Crippen MR) is 121 cm³/mol. The molecule has 2 N–H and O–H groups in total. The molecule has 1 amide bonds. The van der Waals surface area contributed by atoms with Gasteiger partial charge in [-0.1, -0.05) is 36.0 Å². The molecule has 158 valence electrons. The van der Waals surface area contributed by atoms with Crippen LogP contribution in [-0.2, 0) is 10.5 Å². The average Bonchev–Trinajstić information content (AvgIpc) is 3.15. The van der Waals surface area contributed by atoms with E-state index in [2.05, 4.69) is 34.0 Å². The zero-order chi connectivity index (χ0) is 20.9. The molecule has 0 unspecified atom stereocenters. The van der Waals surface area contributed by atoms with Gasteiger partial charge in [-0.3, -0.25) is 9.69 Å². The smallest absolute Gasteiger partial charge is 0.251 e. The molecule has 2 aromatic carbocycles. The summed E-state index contributed by atoms with van der Waals surface area (Å²) in [6.45, 7) is 7.50. The number of ether oxygens (including phenoxy) is 1. The minimum absolute atomic E-state index is 0.0270. The van der Waals surface area contributed by atoms with Crippen molar-refractivity contribution in [3.8, 4) is 0 Å². The van der Waals surface area contributed by atoms with Crippen molar-refractivity contribution in [2.75, 3.05) is 26.2 Å². The lowest BCUT2D eigenvalue weighted by Gasteiger charge is -2.35. The second-order valence-electron chi connectivity index (χ2n) is 7.82. The number of nitrogens with one attached hydrogen (secondary N) is 2. The quantitative estimate of drug-likeness (QED) is 0.566. The fourth-order valence-corrected chi connectivity index (χ4v) is 4.64. The number of benzene rings is 2. The van der Waals surface area contributed by atoms with Crippen LogP contribution in [0.1, 0.15) is 29.8 Å². The van der Waals surface area contributed by atoms with Crippen molar-refractivity contribution in [1.29, 1.82) is 0 Å². The first-order valence-electron chi connectivity index (χ1n) is 10.4. The molecule has 1 fully saturated rings. The third kappa shape index (κ3) is 5.41. The van der Waals surface area contributed by atoms with Gasteiger partial charge in [-0.2, -0.15) is 0 Å². The summed E-state index contributed by atoms with van der Waals surface area (Å²) in [6.07, 6.45) is 0.490. The summed E-state index contributed by atoms with van der Waals surface area (Å²) in [5.74, 6) is 0.774. The lowest BCUT2D eigenvalue weighted by Crippen LogP contribution is -2.47. The number of hydrogen-bond acceptors (Lipinski definition) is 5. The molecular weight excluding hydrogens is 396 g/mol. The number of aromatic nitrogens is 2. The van der Waals surface area contributed by atoms with E-state index in [9.17, 15) is 4.79 Å². The Kier molecular flexibility index (Phi) is 6.72. The normalized spacial score (nSPS) is 19.8. The maximum absolute atomic E-state index is 12.4. The minimum atomic E-state index is -0.0270. The molecule has 0 radical (unpaired) electrons. The highest BCUT2D eigenvalue weighted by atomic mass is 32.2. The molecule has 2 atom stereocenters. The molecule has 4 rings (SSSR count). The van der Waals surface area contributed by atoms with E-state index in [1.807, 2.05) is 48.5 Å². The molecule has 3 aromatic rings. The molecule has 1 aromatic heterocycles. The van der Waals surface area contributed by atoms with E-state index in [1.165, 1.54) is 0 Å². The highest BCUT2D eigenvalue weighted by molar-refractivity contribution is 7.98. The van der Waals surface area contributed by atoms with Crippen LogP contribution in [0.25, 0.3) is 11.0 Å². The molecule has 6 nitrogen and oxygen atoms in total. The highest BCUT2D eigenvalue weighted by Crippen LogP contribution is 2.23. The first-order chi connectivity index (χ1) is 14.6. The average molecular weight is 425 g/mol. The first kappa shape index (κ1) is 20.9. The lowest BCUT2D eigenvalue weighted by atomic mass is 10.1. The van der Waals surface area contributed by atoms with Gasteiger partial charge in [0.05, 0.1) is 23.2 Å². The Morgan fingerprint density at radius 3 is 2.63 bits per heavy atom. The number of thioether (sulfide) groups is 1. The first-order valence-corrected chi connectivity index (χ1v) is 11.4. The Balaban J connectivity index is 1.24. The van der Waals surface area contributed by atoms with Gasteiger partial charge in [0.15, 0.2) is 5.16 Å². The zero-order valence-electron chi connectivity index (χ0n) is 17.4. The Hall–Kier alpha value is -2.35. The molecular formula is C23H28N4O2S. The maximum atomic E-state index is 12.4. The molecule has 2 heterocycles. The van der Waals surface area contributed by atoms with Crippen LogP contribution in [0.4, 0.5) is 0 Å². The number of aromatic amines is 1. The monoisotopic (exact) mass is 424 g/mol. The summed E-state index contributed by atoms with van der Waals surface area (Å²) < 4.78 is 5.75. The van der Waals surface area contributed by atoms with E-state index in [0.29, 0.717) is 12.1 Å². The zero-order valence-corrected chi connectivity index (χ0v) is 18.2. The predicted octanol–water partition coefficient (Wildman–Crippen LogP) is 3.69. The summed E-state index contributed by atoms with van der Waals surface area (Å²) in [5, 5.41) is 3.93. The topological polar surface area (TPSA) is 70.2 Å². The number of para-hydroxylation sites is 2. The number of carbonyl (C=O) groups excluding carboxylic acids is 1. The van der Waals surface area contributed by atoms with Crippen molar-refractivity contribution < 1.29 is 9.53 Å². The molecule has 1 saturated heterocycles. The van der Waals surface area contributed by atoms with Crippen molar-refractivity contribution in [3.63, 3.8) is 0 Å². The molecule has 30 heavy (non-hydrogen) atoms. The summed E-state index contributed by atoms with van der Waals surface area (Å²) >= 11 is 1.66. The molecule has 1 aliphatic rings. The summed E-state index contributed by atoms with van der Waals surface area (Å²) in [4.78, 5) is 22.7. The van der Waals surface area contributed by atoms with E-state index in [0.717, 1.165) is 47.1 Å². The number of nitrogens with zero attached hydrogens (tertiary/aromatic N) is 2. The molecule has 1 aliphatic heterocycles. The summed E-state index contributed by atoms with van der Waals surface area (Å²) in [7, 11) is 0. The van der Waals surface area contributed by atoms with Gasteiger partial charge >= 0.3 is 0 Å². The number of imidazole rings is 1. The Labute approximate surface area is 181 Å². The number of carbonyl (C=O) groups is 1. The SMILES string of the molecule is C[C@@H]1CN(CCNC(=O)c2ccc(CSc3nc4ccccc4[nH]3)cc2)C[C@H](C)O1. The van der Waals surface area contributed by atoms with Crippen molar-refractivity contribution in [1.82, 2.24) is 20.2 Å². The Bertz CT molecular complexity index is 945. The molecule has 0 aliphatic carbocycles. The van der Waals surface area contributed by atoms with E-state index in [4.69, 9.17) is 4.74 Å². The van der Waals surface area contributed by atoms with Crippen molar-refractivity contribution in [2.24, 2.45) is 0 Å². The highest BCUT2D eigenvalue weighted by Gasteiger charge is 2.21. The van der Waals surface area contributed by atoms with Gasteiger partial charge < -0.3 is 15.0 Å². The van der Waals surface area contributed by atoms with Crippen molar-refractivity contribution in [3.05, 3.63) is 59.7 Å². The van der Waals surface area contributed by atoms with Crippen LogP contribution in [-0.4, -0.2) is 59.2 Å². The Morgan fingerprint density at radius 2 is 1.90 bits per heavy atom. The third-order valence-corrected chi connectivity index (χ3v) is 6.11. The molecule has 7 heteroatoms. The van der Waals surface area contributed by atoms with Crippen molar-refractivity contribution in [2.45, 2.75) is 37.0 Å². The van der Waals surface area contributed by atoms with Gasteiger partial charge in [0, 0.05) is 37.5 Å². The van der Waals surface area contributed by atoms with E-state index < -0.39 is 0 Å². The van der Waals surface area contributed by atoms with Crippen LogP contribution >= 0.6 is 11.8 Å². The number of fused-ring (bicyclic) bond motifs is 1. The molecule has 0 spiro atoms. The van der Waals surface area contributed by atoms with Crippen LogP contribution in [0, 0.1) is 0 Å². The number of H-pyrrole nitrogens is 1. The van der Waals surface area contributed by atoms with Gasteiger partial charge in [-0.25, -0.2) is 4.98 Å². The van der Waals surface area contributed by atoms with E-state index >= 15 is 0 Å². The van der Waals surface area contributed by atoms with Crippen LogP contribution in [0.3, 0.4) is 0 Å². The van der Waals surface area contributed by atoms with Gasteiger partial charge in [0.1, 0.15) is 0 Å². The second-order valence-corrected chi connectivity index (χ2v) is 8.78. The van der Waals surface area contributed by atoms with Gasteiger partial charge in [-0.15, -0.1) is 0 Å². The van der Waals surface area contributed by atoms with Crippen LogP contribution in [0.5, 0.6) is 0 Å². The number of morpholine rings is 1. The molecule has 0 bridgehead atoms. The Morgan fingerprint density at radius 1 is 1.17 bits per heavy atom. The number of rotatable bonds is 7. The fourth-order valence-electron chi connectivity index (χ4n) is 3.80. The van der Waals surface area contributed by atoms with Gasteiger partial charge in [-0.05, 0) is 43.7 Å². The van der Waals surface area contributed by atoms with Gasteiger partial charge in [0.2, 0.25) is 0 Å². The third-order valence-electron chi connectivity index (χ3n) is 5.17. The second kappa shape index (κ2) is 9.64. The molecule has 0 saturated carbocycles. The standard InChI is InChI=1S/C23H28N4O2S/c1-16-13-27(14-17(2)29-16)12-11-24-22(28)19-9-7-18(8-10-19)15-30-23-25-20-5-3-4-6-21(20)26-23/h3-10,16-17H,11-15H2,1-2H3,(H,24,28)(H,25,26)/t16-,17+. The summed E-state index contributed by atoms with van der Waals surface area (Å²) in [6, 6.07) is 15.8. The largest absolute Gasteiger partial charge is 0.373 e. The van der Waals surface area contributed by atoms with Gasteiger partial charge in [0.25, 0.3) is 5.91 Å². The van der Waals surface area contributed by atoms with Crippen LogP contribution in [0.15, 0.2) is 53.7 Å². The number of hydrogen-bond donors (Lipinski definition) is 2. The van der Waals surface area contributed by atoms with Crippen molar-refractivity contribution >= 4 is 28.7 Å². The maximum Gasteiger partial charge on any atom is 0.251 e.